The lowest BCUT2D eigenvalue weighted by Gasteiger charge is -2.26. The lowest BCUT2D eigenvalue weighted by atomic mass is 10.1. The van der Waals surface area contributed by atoms with E-state index < -0.39 is 0 Å². The zero-order chi connectivity index (χ0) is 13.3. The topological polar surface area (TPSA) is 68.5 Å². The summed E-state index contributed by atoms with van der Waals surface area (Å²) < 4.78 is 5.45. The third-order valence-corrected chi connectivity index (χ3v) is 3.53. The van der Waals surface area contributed by atoms with Gasteiger partial charge in [-0.15, -0.1) is 0 Å². The summed E-state index contributed by atoms with van der Waals surface area (Å²) in [5.74, 6) is 0.0570. The van der Waals surface area contributed by atoms with Gasteiger partial charge in [-0.05, 0) is 25.5 Å². The van der Waals surface area contributed by atoms with Gasteiger partial charge in [-0.1, -0.05) is 11.6 Å². The first kappa shape index (κ1) is 13.1. The molecule has 0 saturated carbocycles. The van der Waals surface area contributed by atoms with Crippen LogP contribution in [0.25, 0.3) is 0 Å². The number of nitrogens with zero attached hydrogens (tertiary/aromatic N) is 2. The van der Waals surface area contributed by atoms with Crippen LogP contribution in [-0.2, 0) is 4.74 Å². The average Bonchev–Trinajstić information content (AvgIpc) is 2.77. The van der Waals surface area contributed by atoms with Crippen LogP contribution in [0.3, 0.4) is 0 Å². The largest absolute Gasteiger partial charge is 0.384 e. The minimum atomic E-state index is -0.227. The number of hydrogen-bond donors (Lipinski definition) is 1. The summed E-state index contributed by atoms with van der Waals surface area (Å²) in [6, 6.07) is 3.21. The fraction of sp³-hybridized carbons (Fsp3) is 0.500. The molecule has 0 spiro atoms. The quantitative estimate of drug-likeness (QED) is 0.885. The van der Waals surface area contributed by atoms with E-state index in [-0.39, 0.29) is 29.6 Å². The molecular formula is C12H16ClN3O2. The number of rotatable bonds is 2. The molecule has 2 heterocycles. The van der Waals surface area contributed by atoms with Crippen LogP contribution in [0.5, 0.6) is 0 Å². The van der Waals surface area contributed by atoms with E-state index in [4.69, 9.17) is 22.1 Å². The average molecular weight is 270 g/mol. The molecule has 1 fully saturated rings. The van der Waals surface area contributed by atoms with Crippen molar-refractivity contribution in [3.8, 4) is 0 Å². The van der Waals surface area contributed by atoms with Crippen LogP contribution in [0.4, 0.5) is 5.82 Å². The molecule has 0 aromatic carbocycles. The number of likely N-dealkylation sites (N-methyl/N-ethyl adjacent to an activating group) is 1. The van der Waals surface area contributed by atoms with E-state index in [9.17, 15) is 4.79 Å². The van der Waals surface area contributed by atoms with Crippen LogP contribution in [-0.4, -0.2) is 41.6 Å². The molecule has 6 heteroatoms. The molecule has 1 aliphatic heterocycles. The number of carbonyl (C=O) groups is 1. The van der Waals surface area contributed by atoms with Crippen molar-refractivity contribution in [1.29, 1.82) is 0 Å². The molecule has 18 heavy (non-hydrogen) atoms. The second-order valence-electron chi connectivity index (χ2n) is 4.41. The molecule has 0 radical (unpaired) electrons. The number of ether oxygens (including phenoxy) is 1. The Morgan fingerprint density at radius 1 is 1.61 bits per heavy atom. The van der Waals surface area contributed by atoms with Crippen molar-refractivity contribution in [2.75, 3.05) is 19.4 Å². The lowest BCUT2D eigenvalue weighted by molar-refractivity contribution is 0.0570. The summed E-state index contributed by atoms with van der Waals surface area (Å²) >= 11 is 5.98. The number of carbonyl (C=O) groups excluding carboxylic acids is 1. The number of amides is 1. The highest BCUT2D eigenvalue weighted by atomic mass is 35.5. The van der Waals surface area contributed by atoms with Crippen molar-refractivity contribution >= 4 is 23.3 Å². The van der Waals surface area contributed by atoms with Crippen LogP contribution in [0.15, 0.2) is 12.1 Å². The molecule has 1 aromatic rings. The van der Waals surface area contributed by atoms with E-state index in [0.29, 0.717) is 11.6 Å². The van der Waals surface area contributed by atoms with Crippen molar-refractivity contribution in [3.63, 3.8) is 0 Å². The molecule has 1 amide bonds. The molecule has 2 unspecified atom stereocenters. The fourth-order valence-corrected chi connectivity index (χ4v) is 2.34. The maximum Gasteiger partial charge on any atom is 0.274 e. The summed E-state index contributed by atoms with van der Waals surface area (Å²) in [6.07, 6.45) is 0.849. The summed E-state index contributed by atoms with van der Waals surface area (Å²) in [7, 11) is 1.74. The van der Waals surface area contributed by atoms with Gasteiger partial charge in [-0.2, -0.15) is 0 Å². The van der Waals surface area contributed by atoms with E-state index >= 15 is 0 Å². The van der Waals surface area contributed by atoms with Gasteiger partial charge in [-0.3, -0.25) is 4.79 Å². The van der Waals surface area contributed by atoms with Crippen LogP contribution < -0.4 is 5.73 Å². The molecule has 0 bridgehead atoms. The molecule has 2 atom stereocenters. The Morgan fingerprint density at radius 3 is 2.94 bits per heavy atom. The molecule has 1 aromatic heterocycles. The number of pyridine rings is 1. The van der Waals surface area contributed by atoms with E-state index in [1.807, 2.05) is 6.92 Å². The van der Waals surface area contributed by atoms with Gasteiger partial charge in [-0.25, -0.2) is 4.98 Å². The second-order valence-corrected chi connectivity index (χ2v) is 4.82. The highest BCUT2D eigenvalue weighted by molar-refractivity contribution is 6.33. The second kappa shape index (κ2) is 5.12. The maximum absolute atomic E-state index is 12.3. The minimum Gasteiger partial charge on any atom is -0.384 e. The lowest BCUT2D eigenvalue weighted by Crippen LogP contribution is -2.41. The van der Waals surface area contributed by atoms with Gasteiger partial charge in [0.1, 0.15) is 11.5 Å². The van der Waals surface area contributed by atoms with E-state index in [1.54, 1.807) is 24.1 Å². The van der Waals surface area contributed by atoms with Gasteiger partial charge in [0.15, 0.2) is 0 Å². The minimum absolute atomic E-state index is 0.0267. The van der Waals surface area contributed by atoms with Crippen LogP contribution in [0.2, 0.25) is 5.02 Å². The number of halogens is 1. The van der Waals surface area contributed by atoms with Gasteiger partial charge >= 0.3 is 0 Å². The van der Waals surface area contributed by atoms with Gasteiger partial charge in [0.05, 0.1) is 17.2 Å². The molecule has 2 N–H and O–H groups in total. The fourth-order valence-electron chi connectivity index (χ4n) is 2.15. The smallest absolute Gasteiger partial charge is 0.274 e. The van der Waals surface area contributed by atoms with Crippen molar-refractivity contribution in [2.24, 2.45) is 0 Å². The monoisotopic (exact) mass is 269 g/mol. The number of anilines is 1. The van der Waals surface area contributed by atoms with Crippen molar-refractivity contribution in [1.82, 2.24) is 9.88 Å². The zero-order valence-corrected chi connectivity index (χ0v) is 11.1. The predicted molar refractivity (Wildman–Crippen MR) is 69.6 cm³/mol. The Bertz CT molecular complexity index is 467. The Kier molecular flexibility index (Phi) is 3.73. The van der Waals surface area contributed by atoms with Crippen molar-refractivity contribution < 1.29 is 9.53 Å². The highest BCUT2D eigenvalue weighted by Crippen LogP contribution is 2.22. The SMILES string of the molecule is CC1OCCC1N(C)C(=O)c1nc(N)ccc1Cl. The van der Waals surface area contributed by atoms with Crippen molar-refractivity contribution in [2.45, 2.75) is 25.5 Å². The van der Waals surface area contributed by atoms with Gasteiger partial charge < -0.3 is 15.4 Å². The first-order valence-electron chi connectivity index (χ1n) is 5.81. The normalized spacial score (nSPS) is 23.1. The third-order valence-electron chi connectivity index (χ3n) is 3.22. The zero-order valence-electron chi connectivity index (χ0n) is 10.4. The van der Waals surface area contributed by atoms with Crippen molar-refractivity contribution in [3.05, 3.63) is 22.8 Å². The Labute approximate surface area is 111 Å². The number of hydrogen-bond acceptors (Lipinski definition) is 4. The summed E-state index contributed by atoms with van der Waals surface area (Å²) in [4.78, 5) is 18.0. The summed E-state index contributed by atoms with van der Waals surface area (Å²) in [5, 5.41) is 0.313. The van der Waals surface area contributed by atoms with E-state index in [1.165, 1.54) is 0 Å². The van der Waals surface area contributed by atoms with Gasteiger partial charge in [0.25, 0.3) is 5.91 Å². The number of aromatic nitrogens is 1. The Balaban J connectivity index is 2.22. The molecule has 2 rings (SSSR count). The van der Waals surface area contributed by atoms with E-state index in [0.717, 1.165) is 6.42 Å². The Morgan fingerprint density at radius 2 is 2.33 bits per heavy atom. The number of nitrogen functional groups attached to an aromatic ring is 1. The maximum atomic E-state index is 12.3. The Hall–Kier alpha value is -1.33. The molecule has 1 saturated heterocycles. The molecule has 98 valence electrons. The van der Waals surface area contributed by atoms with E-state index in [2.05, 4.69) is 4.98 Å². The number of nitrogens with two attached hydrogens (primary N) is 1. The van der Waals surface area contributed by atoms with Crippen LogP contribution in [0.1, 0.15) is 23.8 Å². The molecular weight excluding hydrogens is 254 g/mol. The summed E-state index contributed by atoms with van der Waals surface area (Å²) in [5.41, 5.74) is 5.77. The summed E-state index contributed by atoms with van der Waals surface area (Å²) in [6.45, 7) is 2.62. The predicted octanol–water partition coefficient (Wildman–Crippen LogP) is 1.57. The highest BCUT2D eigenvalue weighted by Gasteiger charge is 2.32. The first-order chi connectivity index (χ1) is 8.50. The van der Waals surface area contributed by atoms with Gasteiger partial charge in [0.2, 0.25) is 0 Å². The third kappa shape index (κ3) is 2.42. The molecule has 1 aliphatic rings. The molecule has 5 nitrogen and oxygen atoms in total. The van der Waals surface area contributed by atoms with Crippen LogP contribution in [0, 0.1) is 0 Å². The first-order valence-corrected chi connectivity index (χ1v) is 6.19. The standard InChI is InChI=1S/C12H16ClN3O2/c1-7-9(5-6-18-7)16(2)12(17)11-8(13)3-4-10(14)15-11/h3-4,7,9H,5-6H2,1-2H3,(H2,14,15). The van der Waals surface area contributed by atoms with Gasteiger partial charge in [0, 0.05) is 13.7 Å². The molecule has 0 aliphatic carbocycles. The van der Waals surface area contributed by atoms with Crippen LogP contribution >= 0.6 is 11.6 Å².